The van der Waals surface area contributed by atoms with Crippen LogP contribution in [-0.4, -0.2) is 39.7 Å². The number of rotatable bonds is 6. The number of amides is 1. The lowest BCUT2D eigenvalue weighted by Gasteiger charge is -2.28. The summed E-state index contributed by atoms with van der Waals surface area (Å²) in [5, 5.41) is 7.99. The first-order chi connectivity index (χ1) is 11.5. The van der Waals surface area contributed by atoms with E-state index >= 15 is 0 Å². The Hall–Kier alpha value is -2.08. The van der Waals surface area contributed by atoms with Gasteiger partial charge in [0.2, 0.25) is 5.91 Å². The Bertz CT molecular complexity index is 692. The van der Waals surface area contributed by atoms with Gasteiger partial charge in [-0.1, -0.05) is 0 Å². The molecule has 0 bridgehead atoms. The summed E-state index contributed by atoms with van der Waals surface area (Å²) in [6.45, 7) is 4.22. The van der Waals surface area contributed by atoms with Crippen molar-refractivity contribution in [3.8, 4) is 0 Å². The van der Waals surface area contributed by atoms with Gasteiger partial charge >= 0.3 is 0 Å². The summed E-state index contributed by atoms with van der Waals surface area (Å²) < 4.78 is 7.26. The molecular weight excluding hydrogens is 304 g/mol. The Morgan fingerprint density at radius 3 is 2.88 bits per heavy atom. The number of hydrogen-bond acceptors (Lipinski definition) is 4. The molecule has 24 heavy (non-hydrogen) atoms. The van der Waals surface area contributed by atoms with Crippen LogP contribution in [0.25, 0.3) is 0 Å². The minimum Gasteiger partial charge on any atom is -0.469 e. The van der Waals surface area contributed by atoms with Crippen molar-refractivity contribution in [2.45, 2.75) is 51.2 Å². The highest BCUT2D eigenvalue weighted by Crippen LogP contribution is 2.33. The van der Waals surface area contributed by atoms with Crippen molar-refractivity contribution in [2.75, 3.05) is 7.05 Å². The molecule has 1 saturated heterocycles. The number of carbonyl (C=O) groups is 1. The number of likely N-dealkylation sites (tertiary alicyclic amines) is 1. The number of nitrogens with one attached hydrogen (secondary N) is 1. The van der Waals surface area contributed by atoms with Crippen LogP contribution < -0.4 is 5.32 Å². The molecule has 0 radical (unpaired) electrons. The number of likely N-dealkylation sites (N-methyl/N-ethyl adjacent to an activating group) is 1. The molecule has 6 heteroatoms. The zero-order valence-corrected chi connectivity index (χ0v) is 14.8. The fraction of sp³-hybridized carbons (Fsp3) is 0.556. The monoisotopic (exact) mass is 330 g/mol. The zero-order chi connectivity index (χ0) is 17.3. The first-order valence-corrected chi connectivity index (χ1v) is 8.50. The van der Waals surface area contributed by atoms with E-state index in [1.54, 1.807) is 6.26 Å². The minimum atomic E-state index is 0.0391. The molecule has 6 nitrogen and oxygen atoms in total. The van der Waals surface area contributed by atoms with Crippen LogP contribution >= 0.6 is 0 Å². The third-order valence-corrected chi connectivity index (χ3v) is 5.08. The van der Waals surface area contributed by atoms with Gasteiger partial charge in [0, 0.05) is 50.3 Å². The molecule has 0 saturated carbocycles. The van der Waals surface area contributed by atoms with E-state index in [1.165, 1.54) is 0 Å². The van der Waals surface area contributed by atoms with Crippen LogP contribution in [0.4, 0.5) is 0 Å². The Labute approximate surface area is 142 Å². The Morgan fingerprint density at radius 1 is 1.46 bits per heavy atom. The van der Waals surface area contributed by atoms with Crippen LogP contribution in [0.15, 0.2) is 29.0 Å². The highest BCUT2D eigenvalue weighted by molar-refractivity contribution is 5.80. The van der Waals surface area contributed by atoms with Gasteiger partial charge in [-0.05, 0) is 32.4 Å². The summed E-state index contributed by atoms with van der Waals surface area (Å²) >= 11 is 0. The molecule has 1 fully saturated rings. The molecule has 3 atom stereocenters. The summed E-state index contributed by atoms with van der Waals surface area (Å²) in [7, 11) is 3.82. The Morgan fingerprint density at radius 2 is 2.25 bits per heavy atom. The molecule has 2 aromatic heterocycles. The Kier molecular flexibility index (Phi) is 4.76. The van der Waals surface area contributed by atoms with E-state index in [4.69, 9.17) is 4.42 Å². The van der Waals surface area contributed by atoms with Gasteiger partial charge in [-0.2, -0.15) is 5.10 Å². The average Bonchev–Trinajstić information content (AvgIpc) is 3.23. The van der Waals surface area contributed by atoms with E-state index < -0.39 is 0 Å². The lowest BCUT2D eigenvalue weighted by Crippen LogP contribution is -2.40. The molecule has 1 aliphatic heterocycles. The van der Waals surface area contributed by atoms with E-state index in [9.17, 15) is 4.79 Å². The van der Waals surface area contributed by atoms with E-state index in [1.807, 2.05) is 42.0 Å². The van der Waals surface area contributed by atoms with Crippen molar-refractivity contribution in [1.29, 1.82) is 0 Å². The molecule has 130 valence electrons. The van der Waals surface area contributed by atoms with Crippen LogP contribution in [0.1, 0.15) is 42.8 Å². The lowest BCUT2D eigenvalue weighted by molar-refractivity contribution is -0.127. The van der Waals surface area contributed by atoms with Crippen LogP contribution in [0.5, 0.6) is 0 Å². The summed E-state index contributed by atoms with van der Waals surface area (Å²) in [4.78, 5) is 14.1. The van der Waals surface area contributed by atoms with Crippen LogP contribution in [0.2, 0.25) is 0 Å². The van der Waals surface area contributed by atoms with Crippen molar-refractivity contribution >= 4 is 5.91 Å². The van der Waals surface area contributed by atoms with Crippen molar-refractivity contribution in [2.24, 2.45) is 7.05 Å². The molecule has 3 heterocycles. The van der Waals surface area contributed by atoms with Crippen LogP contribution in [0, 0.1) is 6.92 Å². The predicted molar refractivity (Wildman–Crippen MR) is 91.5 cm³/mol. The fourth-order valence-corrected chi connectivity index (χ4v) is 3.51. The molecular formula is C18H26N4O2. The van der Waals surface area contributed by atoms with Crippen molar-refractivity contribution < 1.29 is 9.21 Å². The van der Waals surface area contributed by atoms with Crippen molar-refractivity contribution in [3.63, 3.8) is 0 Å². The molecule has 1 N–H and O–H groups in total. The molecule has 2 aromatic rings. The zero-order valence-electron chi connectivity index (χ0n) is 14.8. The molecule has 3 rings (SSSR count). The van der Waals surface area contributed by atoms with E-state index in [0.29, 0.717) is 12.5 Å². The van der Waals surface area contributed by atoms with E-state index in [2.05, 4.69) is 24.3 Å². The summed E-state index contributed by atoms with van der Waals surface area (Å²) in [6, 6.07) is 4.37. The number of aromatic nitrogens is 2. The number of nitrogens with zero attached hydrogens (tertiary/aromatic N) is 3. The minimum absolute atomic E-state index is 0.0391. The van der Waals surface area contributed by atoms with E-state index in [-0.39, 0.29) is 18.0 Å². The van der Waals surface area contributed by atoms with Crippen LogP contribution in [-0.2, 0) is 18.3 Å². The smallest absolute Gasteiger partial charge is 0.224 e. The summed E-state index contributed by atoms with van der Waals surface area (Å²) in [5.41, 5.74) is 2.23. The standard InChI is InChI=1S/C18H26N4O2/c1-12(7-8-14-6-5-9-24-14)20-16-10-17(23)21(3)18(16)15-11-19-22(4)13(15)2/h5-6,9,11-12,16,18,20H,7-8,10H2,1-4H3/t12?,16-,18+/m1/s1. The molecule has 1 amide bonds. The lowest BCUT2D eigenvalue weighted by atomic mass is 9.99. The second-order valence-electron chi connectivity index (χ2n) is 6.75. The molecule has 0 aromatic carbocycles. The number of hydrogen-bond donors (Lipinski definition) is 1. The van der Waals surface area contributed by atoms with E-state index in [0.717, 1.165) is 29.9 Å². The van der Waals surface area contributed by atoms with Gasteiger partial charge in [0.25, 0.3) is 0 Å². The second-order valence-corrected chi connectivity index (χ2v) is 6.75. The third-order valence-electron chi connectivity index (χ3n) is 5.08. The largest absolute Gasteiger partial charge is 0.469 e. The van der Waals surface area contributed by atoms with Crippen molar-refractivity contribution in [1.82, 2.24) is 20.0 Å². The maximum absolute atomic E-state index is 12.3. The van der Waals surface area contributed by atoms with Crippen molar-refractivity contribution in [3.05, 3.63) is 41.6 Å². The maximum atomic E-state index is 12.3. The SMILES string of the molecule is Cc1c([C@H]2[C@H](NC(C)CCc3ccco3)CC(=O)N2C)cnn1C. The first-order valence-electron chi connectivity index (χ1n) is 8.50. The molecule has 1 unspecified atom stereocenters. The number of carbonyl (C=O) groups excluding carboxylic acids is 1. The number of aryl methyl sites for hydroxylation is 2. The molecule has 1 aliphatic rings. The number of furan rings is 1. The summed E-state index contributed by atoms with van der Waals surface area (Å²) in [6.07, 6.45) is 5.99. The topological polar surface area (TPSA) is 63.3 Å². The van der Waals surface area contributed by atoms with Gasteiger partial charge < -0.3 is 14.6 Å². The van der Waals surface area contributed by atoms with Gasteiger partial charge in [-0.25, -0.2) is 0 Å². The first kappa shape index (κ1) is 16.8. The quantitative estimate of drug-likeness (QED) is 0.882. The molecule has 0 aliphatic carbocycles. The van der Waals surface area contributed by atoms with Crippen LogP contribution in [0.3, 0.4) is 0 Å². The summed E-state index contributed by atoms with van der Waals surface area (Å²) in [5.74, 6) is 1.18. The molecule has 0 spiro atoms. The van der Waals surface area contributed by atoms with Gasteiger partial charge in [-0.3, -0.25) is 9.48 Å². The highest BCUT2D eigenvalue weighted by atomic mass is 16.3. The van der Waals surface area contributed by atoms with Gasteiger partial charge in [-0.15, -0.1) is 0 Å². The highest BCUT2D eigenvalue weighted by Gasteiger charge is 2.40. The predicted octanol–water partition coefficient (Wildman–Crippen LogP) is 2.20. The van der Waals surface area contributed by atoms with Gasteiger partial charge in [0.15, 0.2) is 0 Å². The normalized spacial score (nSPS) is 22.3. The van der Waals surface area contributed by atoms with Gasteiger partial charge in [0.1, 0.15) is 5.76 Å². The maximum Gasteiger partial charge on any atom is 0.224 e. The second kappa shape index (κ2) is 6.81. The van der Waals surface area contributed by atoms with Gasteiger partial charge in [0.05, 0.1) is 18.5 Å². The third kappa shape index (κ3) is 3.24. The average molecular weight is 330 g/mol. The fourth-order valence-electron chi connectivity index (χ4n) is 3.51. The Balaban J connectivity index is 1.68.